The Balaban J connectivity index is 1.31. The normalized spacial score (nSPS) is 14.4. The molecular formula is C23H28ClN7O2. The molecule has 2 aromatic heterocycles. The second kappa shape index (κ2) is 10.6. The molecular weight excluding hydrogens is 442 g/mol. The summed E-state index contributed by atoms with van der Waals surface area (Å²) < 4.78 is 0. The van der Waals surface area contributed by atoms with Gasteiger partial charge in [-0.15, -0.1) is 0 Å². The van der Waals surface area contributed by atoms with Crippen LogP contribution in [0.5, 0.6) is 0 Å². The van der Waals surface area contributed by atoms with E-state index < -0.39 is 0 Å². The number of halogens is 1. The number of aromatic amines is 1. The van der Waals surface area contributed by atoms with E-state index in [9.17, 15) is 9.59 Å². The van der Waals surface area contributed by atoms with Gasteiger partial charge in [-0.25, -0.2) is 9.97 Å². The molecule has 0 spiro atoms. The van der Waals surface area contributed by atoms with Crippen molar-refractivity contribution in [3.63, 3.8) is 0 Å². The first-order valence-electron chi connectivity index (χ1n) is 11.1. The third-order valence-corrected chi connectivity index (χ3v) is 6.00. The summed E-state index contributed by atoms with van der Waals surface area (Å²) in [5.74, 6) is 0.528. The van der Waals surface area contributed by atoms with E-state index in [1.807, 2.05) is 35.4 Å². The zero-order valence-electron chi connectivity index (χ0n) is 18.5. The molecule has 174 valence electrons. The van der Waals surface area contributed by atoms with Gasteiger partial charge in [0, 0.05) is 61.8 Å². The van der Waals surface area contributed by atoms with Crippen LogP contribution in [0.25, 0.3) is 22.2 Å². The van der Waals surface area contributed by atoms with Gasteiger partial charge < -0.3 is 25.8 Å². The number of anilines is 1. The predicted octanol–water partition coefficient (Wildman–Crippen LogP) is 2.41. The zero-order valence-corrected chi connectivity index (χ0v) is 19.3. The zero-order chi connectivity index (χ0) is 23.2. The third-order valence-electron chi connectivity index (χ3n) is 5.72. The van der Waals surface area contributed by atoms with Crippen molar-refractivity contribution < 1.29 is 9.59 Å². The summed E-state index contributed by atoms with van der Waals surface area (Å²) in [7, 11) is 0. The molecule has 4 N–H and O–H groups in total. The maximum Gasteiger partial charge on any atom is 0.236 e. The van der Waals surface area contributed by atoms with E-state index in [2.05, 4.69) is 30.9 Å². The first-order valence-corrected chi connectivity index (χ1v) is 11.5. The Morgan fingerprint density at radius 2 is 2.00 bits per heavy atom. The molecule has 3 heterocycles. The lowest BCUT2D eigenvalue weighted by molar-refractivity contribution is -0.131. The van der Waals surface area contributed by atoms with Crippen molar-refractivity contribution in [3.05, 3.63) is 41.7 Å². The van der Waals surface area contributed by atoms with Crippen LogP contribution in [0.1, 0.15) is 19.8 Å². The molecule has 0 bridgehead atoms. The van der Waals surface area contributed by atoms with Crippen molar-refractivity contribution in [2.24, 2.45) is 0 Å². The Kier molecular flexibility index (Phi) is 7.41. The summed E-state index contributed by atoms with van der Waals surface area (Å²) in [4.78, 5) is 37.4. The van der Waals surface area contributed by atoms with E-state index in [0.29, 0.717) is 42.8 Å². The average Bonchev–Trinajstić information content (AvgIpc) is 3.24. The molecule has 0 unspecified atom stereocenters. The van der Waals surface area contributed by atoms with Crippen LogP contribution in [0.4, 0.5) is 5.95 Å². The Bertz CT molecular complexity index is 1120. The molecule has 0 saturated carbocycles. The first-order chi connectivity index (χ1) is 16.0. The number of nitrogens with zero attached hydrogens (tertiary/aromatic N) is 3. The van der Waals surface area contributed by atoms with Crippen LogP contribution in [0.3, 0.4) is 0 Å². The first kappa shape index (κ1) is 23.0. The van der Waals surface area contributed by atoms with E-state index >= 15 is 0 Å². The maximum absolute atomic E-state index is 12.4. The number of piperidine rings is 1. The number of carbonyl (C=O) groups excluding carboxylic acids is 2. The molecule has 10 heteroatoms. The average molecular weight is 470 g/mol. The second-order valence-electron chi connectivity index (χ2n) is 8.10. The molecule has 1 saturated heterocycles. The van der Waals surface area contributed by atoms with Crippen LogP contribution < -0.4 is 16.0 Å². The summed E-state index contributed by atoms with van der Waals surface area (Å²) >= 11 is 6.42. The van der Waals surface area contributed by atoms with Gasteiger partial charge in [-0.3, -0.25) is 9.59 Å². The lowest BCUT2D eigenvalue weighted by Crippen LogP contribution is -2.46. The number of hydrogen-bond donors (Lipinski definition) is 4. The van der Waals surface area contributed by atoms with Gasteiger partial charge >= 0.3 is 0 Å². The van der Waals surface area contributed by atoms with Gasteiger partial charge in [-0.05, 0) is 18.9 Å². The number of nitrogens with one attached hydrogen (secondary N) is 4. The minimum Gasteiger partial charge on any atom is -0.360 e. The van der Waals surface area contributed by atoms with Crippen molar-refractivity contribution in [1.82, 2.24) is 30.5 Å². The topological polar surface area (TPSA) is 115 Å². The third kappa shape index (κ3) is 5.80. The Hall–Kier alpha value is -3.17. The highest BCUT2D eigenvalue weighted by molar-refractivity contribution is 6.33. The van der Waals surface area contributed by atoms with Gasteiger partial charge in [0.05, 0.1) is 23.5 Å². The number of carbonyl (C=O) groups is 2. The van der Waals surface area contributed by atoms with Gasteiger partial charge in [-0.2, -0.15) is 0 Å². The second-order valence-corrected chi connectivity index (χ2v) is 8.50. The fraction of sp³-hybridized carbons (Fsp3) is 0.391. The Labute approximate surface area is 197 Å². The highest BCUT2D eigenvalue weighted by atomic mass is 35.5. The predicted molar refractivity (Wildman–Crippen MR) is 129 cm³/mol. The molecule has 1 aliphatic heterocycles. The number of H-pyrrole nitrogens is 1. The van der Waals surface area contributed by atoms with Crippen LogP contribution in [0.2, 0.25) is 5.02 Å². The smallest absolute Gasteiger partial charge is 0.236 e. The Morgan fingerprint density at radius 1 is 1.21 bits per heavy atom. The molecule has 0 aliphatic carbocycles. The van der Waals surface area contributed by atoms with Crippen molar-refractivity contribution in [2.75, 3.05) is 38.0 Å². The number of para-hydroxylation sites is 1. The van der Waals surface area contributed by atoms with Gasteiger partial charge in [0.25, 0.3) is 0 Å². The number of benzene rings is 1. The van der Waals surface area contributed by atoms with E-state index in [4.69, 9.17) is 11.6 Å². The fourth-order valence-electron chi connectivity index (χ4n) is 3.98. The summed E-state index contributed by atoms with van der Waals surface area (Å²) in [6, 6.07) is 8.20. The minimum atomic E-state index is -0.0732. The summed E-state index contributed by atoms with van der Waals surface area (Å²) in [5, 5.41) is 10.7. The number of aromatic nitrogens is 3. The monoisotopic (exact) mass is 469 g/mol. The standard InChI is InChI=1S/C23H28ClN7O2/c1-15(32)26-9-8-25-14-21(33)31-10-6-16(7-11-31)29-23-28-13-19(24)22(30-23)18-12-27-20-5-3-2-4-17(18)20/h2-5,12-13,16,25,27H,6-11,14H2,1H3,(H,26,32)(H,28,29,30). The van der Waals surface area contributed by atoms with E-state index in [-0.39, 0.29) is 24.4 Å². The number of hydrogen-bond acceptors (Lipinski definition) is 6. The summed E-state index contributed by atoms with van der Waals surface area (Å²) in [6.07, 6.45) is 5.16. The highest BCUT2D eigenvalue weighted by Crippen LogP contribution is 2.32. The molecule has 1 aromatic carbocycles. The summed E-state index contributed by atoms with van der Waals surface area (Å²) in [6.45, 7) is 4.17. The minimum absolute atomic E-state index is 0.0700. The molecule has 3 aromatic rings. The van der Waals surface area contributed by atoms with Crippen molar-refractivity contribution >= 4 is 40.3 Å². The fourth-order valence-corrected chi connectivity index (χ4v) is 4.18. The number of rotatable bonds is 8. The molecule has 9 nitrogen and oxygen atoms in total. The summed E-state index contributed by atoms with van der Waals surface area (Å²) in [5.41, 5.74) is 2.65. The largest absolute Gasteiger partial charge is 0.360 e. The molecule has 2 amide bonds. The molecule has 0 atom stereocenters. The lowest BCUT2D eigenvalue weighted by Gasteiger charge is -2.32. The van der Waals surface area contributed by atoms with Gasteiger partial charge in [0.15, 0.2) is 0 Å². The van der Waals surface area contributed by atoms with Crippen LogP contribution in [0, 0.1) is 0 Å². The van der Waals surface area contributed by atoms with Crippen LogP contribution in [-0.2, 0) is 9.59 Å². The maximum atomic E-state index is 12.4. The highest BCUT2D eigenvalue weighted by Gasteiger charge is 2.23. The lowest BCUT2D eigenvalue weighted by atomic mass is 10.1. The van der Waals surface area contributed by atoms with Gasteiger partial charge in [0.2, 0.25) is 17.8 Å². The van der Waals surface area contributed by atoms with Crippen LogP contribution >= 0.6 is 11.6 Å². The number of amides is 2. The van der Waals surface area contributed by atoms with Crippen molar-refractivity contribution in [1.29, 1.82) is 0 Å². The van der Waals surface area contributed by atoms with E-state index in [1.54, 1.807) is 6.20 Å². The Morgan fingerprint density at radius 3 is 2.79 bits per heavy atom. The van der Waals surface area contributed by atoms with Crippen LogP contribution in [-0.4, -0.2) is 70.4 Å². The van der Waals surface area contributed by atoms with Crippen LogP contribution in [0.15, 0.2) is 36.7 Å². The molecule has 1 fully saturated rings. The van der Waals surface area contributed by atoms with Gasteiger partial charge in [-0.1, -0.05) is 29.8 Å². The molecule has 0 radical (unpaired) electrons. The number of fused-ring (bicyclic) bond motifs is 1. The van der Waals surface area contributed by atoms with E-state index in [0.717, 1.165) is 29.3 Å². The number of likely N-dealkylation sites (tertiary alicyclic amines) is 1. The van der Waals surface area contributed by atoms with Crippen molar-refractivity contribution in [2.45, 2.75) is 25.8 Å². The molecule has 33 heavy (non-hydrogen) atoms. The quantitative estimate of drug-likeness (QED) is 0.377. The molecule has 4 rings (SSSR count). The molecule has 1 aliphatic rings. The SMILES string of the molecule is CC(=O)NCCNCC(=O)N1CCC(Nc2ncc(Cl)c(-c3c[nH]c4ccccc34)n2)CC1. The van der Waals surface area contributed by atoms with Gasteiger partial charge in [0.1, 0.15) is 0 Å². The van der Waals surface area contributed by atoms with E-state index in [1.165, 1.54) is 6.92 Å². The van der Waals surface area contributed by atoms with Crippen molar-refractivity contribution in [3.8, 4) is 11.3 Å².